The van der Waals surface area contributed by atoms with Crippen LogP contribution in [0.3, 0.4) is 0 Å². The molecule has 1 N–H and O–H groups in total. The third kappa shape index (κ3) is 3.01. The number of aryl methyl sites for hydroxylation is 2. The molecule has 1 aromatic heterocycles. The minimum Gasteiger partial charge on any atom is -0.319 e. The van der Waals surface area contributed by atoms with Crippen molar-refractivity contribution in [2.45, 2.75) is 38.1 Å². The molecule has 1 aliphatic heterocycles. The van der Waals surface area contributed by atoms with E-state index < -0.39 is 0 Å². The van der Waals surface area contributed by atoms with Crippen LogP contribution in [0.4, 0.5) is 10.5 Å². The number of fused-ring (bicyclic) bond motifs is 2. The van der Waals surface area contributed by atoms with E-state index in [0.29, 0.717) is 6.54 Å². The summed E-state index contributed by atoms with van der Waals surface area (Å²) in [6.45, 7) is 3.50. The quantitative estimate of drug-likeness (QED) is 0.683. The van der Waals surface area contributed by atoms with E-state index >= 15 is 0 Å². The number of urea groups is 1. The zero-order chi connectivity index (χ0) is 20.0. The number of anilines is 1. The van der Waals surface area contributed by atoms with E-state index in [2.05, 4.69) is 46.8 Å². The molecule has 2 aromatic carbocycles. The van der Waals surface area contributed by atoms with Crippen LogP contribution in [0.1, 0.15) is 36.0 Å². The number of hydrogen-bond donors (Lipinski definition) is 1. The number of carbonyl (C=O) groups is 1. The van der Waals surface area contributed by atoms with Crippen LogP contribution in [-0.4, -0.2) is 27.3 Å². The molecule has 1 saturated carbocycles. The normalized spacial score (nSPS) is 17.0. The summed E-state index contributed by atoms with van der Waals surface area (Å²) < 4.78 is 1.85. The topological polar surface area (TPSA) is 50.2 Å². The van der Waals surface area contributed by atoms with Crippen molar-refractivity contribution in [2.75, 3.05) is 11.9 Å². The molecule has 0 saturated heterocycles. The van der Waals surface area contributed by atoms with Crippen LogP contribution in [0.2, 0.25) is 0 Å². The van der Waals surface area contributed by atoms with Gasteiger partial charge in [-0.25, -0.2) is 4.79 Å². The van der Waals surface area contributed by atoms with Crippen molar-refractivity contribution in [2.24, 2.45) is 7.05 Å². The fourth-order valence-electron chi connectivity index (χ4n) is 4.83. The number of hydrogen-bond acceptors (Lipinski definition) is 2. The first-order valence-corrected chi connectivity index (χ1v) is 10.3. The molecule has 0 unspecified atom stereocenters. The Morgan fingerprint density at radius 1 is 1.14 bits per heavy atom. The van der Waals surface area contributed by atoms with Crippen molar-refractivity contribution in [1.82, 2.24) is 14.7 Å². The van der Waals surface area contributed by atoms with E-state index in [-0.39, 0.29) is 11.4 Å². The van der Waals surface area contributed by atoms with Crippen molar-refractivity contribution in [3.63, 3.8) is 0 Å². The standard InChI is InChI=1S/C24H26N4O/c1-17-8-9-18(22-10-13-25-27(22)2)14-21(17)26-23(29)28-15-19-6-3-4-7-20(19)24(16-28)11-5-12-24/h3-4,6-10,13-14H,5,11-12,15-16H2,1-2H3,(H,26,29). The van der Waals surface area contributed by atoms with Crippen molar-refractivity contribution in [3.05, 3.63) is 71.4 Å². The predicted octanol–water partition coefficient (Wildman–Crippen LogP) is 4.86. The summed E-state index contributed by atoms with van der Waals surface area (Å²) >= 11 is 0. The van der Waals surface area contributed by atoms with Gasteiger partial charge in [-0.05, 0) is 48.6 Å². The van der Waals surface area contributed by atoms with Crippen LogP contribution in [0.15, 0.2) is 54.7 Å². The summed E-state index contributed by atoms with van der Waals surface area (Å²) in [5.41, 5.74) is 6.87. The van der Waals surface area contributed by atoms with Gasteiger partial charge in [-0.2, -0.15) is 5.10 Å². The molecule has 5 rings (SSSR count). The minimum atomic E-state index is -0.0176. The molecule has 1 spiro atoms. The summed E-state index contributed by atoms with van der Waals surface area (Å²) in [5, 5.41) is 7.43. The second-order valence-corrected chi connectivity index (χ2v) is 8.45. The number of nitrogens with zero attached hydrogens (tertiary/aromatic N) is 3. The van der Waals surface area contributed by atoms with Gasteiger partial charge in [-0.15, -0.1) is 0 Å². The SMILES string of the molecule is Cc1ccc(-c2ccnn2C)cc1NC(=O)N1Cc2ccccc2C2(CCC2)C1. The number of rotatable bonds is 2. The lowest BCUT2D eigenvalue weighted by atomic mass is 9.61. The highest BCUT2D eigenvalue weighted by atomic mass is 16.2. The monoisotopic (exact) mass is 386 g/mol. The lowest BCUT2D eigenvalue weighted by molar-refractivity contribution is 0.132. The van der Waals surface area contributed by atoms with Gasteiger partial charge in [0.25, 0.3) is 0 Å². The van der Waals surface area contributed by atoms with E-state index in [0.717, 1.165) is 29.1 Å². The van der Waals surface area contributed by atoms with Crippen LogP contribution in [-0.2, 0) is 19.0 Å². The van der Waals surface area contributed by atoms with E-state index in [1.54, 1.807) is 6.20 Å². The smallest absolute Gasteiger partial charge is 0.319 e. The van der Waals surface area contributed by atoms with Gasteiger partial charge in [0.05, 0.1) is 5.69 Å². The maximum atomic E-state index is 13.2. The molecule has 1 fully saturated rings. The molecule has 148 valence electrons. The lowest BCUT2D eigenvalue weighted by Gasteiger charge is -2.49. The third-order valence-corrected chi connectivity index (χ3v) is 6.64. The molecule has 3 aromatic rings. The second kappa shape index (κ2) is 6.76. The first-order valence-electron chi connectivity index (χ1n) is 10.3. The highest BCUT2D eigenvalue weighted by Crippen LogP contribution is 2.48. The summed E-state index contributed by atoms with van der Waals surface area (Å²) in [4.78, 5) is 15.2. The number of benzene rings is 2. The van der Waals surface area contributed by atoms with E-state index in [1.807, 2.05) is 35.7 Å². The average molecular weight is 386 g/mol. The molecular weight excluding hydrogens is 360 g/mol. The fraction of sp³-hybridized carbons (Fsp3) is 0.333. The van der Waals surface area contributed by atoms with Crippen molar-refractivity contribution >= 4 is 11.7 Å². The number of aromatic nitrogens is 2. The van der Waals surface area contributed by atoms with Crippen LogP contribution in [0.25, 0.3) is 11.3 Å². The third-order valence-electron chi connectivity index (χ3n) is 6.64. The van der Waals surface area contributed by atoms with Gasteiger partial charge < -0.3 is 10.2 Å². The largest absolute Gasteiger partial charge is 0.322 e. The van der Waals surface area contributed by atoms with Crippen LogP contribution in [0, 0.1) is 6.92 Å². The first kappa shape index (κ1) is 18.0. The number of carbonyl (C=O) groups excluding carboxylic acids is 1. The summed E-state index contributed by atoms with van der Waals surface area (Å²) in [6, 6.07) is 16.8. The zero-order valence-corrected chi connectivity index (χ0v) is 17.0. The highest BCUT2D eigenvalue weighted by Gasteiger charge is 2.45. The lowest BCUT2D eigenvalue weighted by Crippen LogP contribution is -2.52. The van der Waals surface area contributed by atoms with Gasteiger partial charge in [-0.1, -0.05) is 42.8 Å². The Morgan fingerprint density at radius 2 is 1.97 bits per heavy atom. The Morgan fingerprint density at radius 3 is 2.69 bits per heavy atom. The molecule has 5 nitrogen and oxygen atoms in total. The van der Waals surface area contributed by atoms with Crippen LogP contribution < -0.4 is 5.32 Å². The summed E-state index contributed by atoms with van der Waals surface area (Å²) in [5.74, 6) is 0. The van der Waals surface area contributed by atoms with Crippen molar-refractivity contribution in [3.8, 4) is 11.3 Å². The maximum absolute atomic E-state index is 13.2. The summed E-state index contributed by atoms with van der Waals surface area (Å²) in [6.07, 6.45) is 5.37. The number of amides is 2. The Bertz CT molecular complexity index is 1080. The fourth-order valence-corrected chi connectivity index (χ4v) is 4.83. The van der Waals surface area contributed by atoms with Crippen LogP contribution >= 0.6 is 0 Å². The molecular formula is C24H26N4O. The van der Waals surface area contributed by atoms with Gasteiger partial charge >= 0.3 is 6.03 Å². The first-order chi connectivity index (χ1) is 14.1. The van der Waals surface area contributed by atoms with E-state index in [4.69, 9.17) is 0 Å². The molecule has 2 aliphatic rings. The van der Waals surface area contributed by atoms with Gasteiger partial charge in [0.2, 0.25) is 0 Å². The van der Waals surface area contributed by atoms with E-state index in [9.17, 15) is 4.79 Å². The minimum absolute atomic E-state index is 0.0176. The zero-order valence-electron chi connectivity index (χ0n) is 17.0. The molecule has 2 amide bonds. The van der Waals surface area contributed by atoms with Gasteiger partial charge in [-0.3, -0.25) is 4.68 Å². The highest BCUT2D eigenvalue weighted by molar-refractivity contribution is 5.91. The average Bonchev–Trinajstić information content (AvgIpc) is 3.13. The predicted molar refractivity (Wildman–Crippen MR) is 115 cm³/mol. The molecule has 0 atom stereocenters. The molecule has 0 bridgehead atoms. The second-order valence-electron chi connectivity index (χ2n) is 8.45. The Hall–Kier alpha value is -3.08. The van der Waals surface area contributed by atoms with Gasteiger partial charge in [0, 0.05) is 43.0 Å². The molecule has 29 heavy (non-hydrogen) atoms. The van der Waals surface area contributed by atoms with E-state index in [1.165, 1.54) is 30.4 Å². The van der Waals surface area contributed by atoms with Crippen molar-refractivity contribution in [1.29, 1.82) is 0 Å². The number of nitrogens with one attached hydrogen (secondary N) is 1. The van der Waals surface area contributed by atoms with Gasteiger partial charge in [0.15, 0.2) is 0 Å². The molecule has 0 radical (unpaired) electrons. The Kier molecular flexibility index (Phi) is 4.19. The molecule has 5 heteroatoms. The van der Waals surface area contributed by atoms with Crippen molar-refractivity contribution < 1.29 is 4.79 Å². The Labute approximate surface area is 171 Å². The maximum Gasteiger partial charge on any atom is 0.322 e. The van der Waals surface area contributed by atoms with Gasteiger partial charge in [0.1, 0.15) is 0 Å². The summed E-state index contributed by atoms with van der Waals surface area (Å²) in [7, 11) is 1.93. The van der Waals surface area contributed by atoms with Crippen LogP contribution in [0.5, 0.6) is 0 Å². The molecule has 2 heterocycles. The molecule has 1 aliphatic carbocycles. The Balaban J connectivity index is 1.41.